The van der Waals surface area contributed by atoms with Crippen LogP contribution in [0.1, 0.15) is 32.1 Å². The molecule has 1 saturated heterocycles. The lowest BCUT2D eigenvalue weighted by Gasteiger charge is -2.43. The Bertz CT molecular complexity index is 503. The van der Waals surface area contributed by atoms with E-state index < -0.39 is 11.6 Å². The third-order valence-electron chi connectivity index (χ3n) is 4.50. The van der Waals surface area contributed by atoms with Gasteiger partial charge in [-0.2, -0.15) is 0 Å². The number of benzene rings is 1. The molecular weight excluding hydrogens is 238 g/mol. The molecule has 0 aromatic heterocycles. The molecule has 1 aromatic carbocycles. The summed E-state index contributed by atoms with van der Waals surface area (Å²) in [6.45, 7) is 3.80. The molecule has 1 unspecified atom stereocenters. The molecule has 19 heavy (non-hydrogen) atoms. The molecule has 1 spiro atoms. The third kappa shape index (κ3) is 1.72. The van der Waals surface area contributed by atoms with Crippen LogP contribution in [-0.2, 0) is 4.79 Å². The van der Waals surface area contributed by atoms with Gasteiger partial charge < -0.3 is 5.11 Å². The standard InChI is InChI=1S/C16H19NO2/c1-12-14(18)16(10-6-3-7-11-16)17(15(12)19)13-8-4-2-5-9-13/h2,4-5,8-9,14,18H,1,3,6-7,10-11H2. The highest BCUT2D eigenvalue weighted by Crippen LogP contribution is 2.46. The molecule has 100 valence electrons. The topological polar surface area (TPSA) is 40.5 Å². The minimum Gasteiger partial charge on any atom is -0.386 e. The number of aliphatic hydroxyl groups excluding tert-OH is 1. The van der Waals surface area contributed by atoms with Crippen molar-refractivity contribution in [3.05, 3.63) is 42.5 Å². The Labute approximate surface area is 113 Å². The summed E-state index contributed by atoms with van der Waals surface area (Å²) in [5, 5.41) is 10.5. The van der Waals surface area contributed by atoms with Crippen LogP contribution >= 0.6 is 0 Å². The molecule has 1 amide bonds. The van der Waals surface area contributed by atoms with Gasteiger partial charge in [0, 0.05) is 11.3 Å². The van der Waals surface area contributed by atoms with E-state index in [1.54, 1.807) is 4.90 Å². The SMILES string of the molecule is C=C1C(=O)N(c2ccccc2)C2(CCCCC2)C1O. The van der Waals surface area contributed by atoms with Crippen LogP contribution in [0.4, 0.5) is 5.69 Å². The van der Waals surface area contributed by atoms with Crippen LogP contribution in [0.3, 0.4) is 0 Å². The fraction of sp³-hybridized carbons (Fsp3) is 0.438. The Morgan fingerprint density at radius 3 is 2.42 bits per heavy atom. The number of hydrogen-bond acceptors (Lipinski definition) is 2. The molecular formula is C16H19NO2. The largest absolute Gasteiger partial charge is 0.386 e. The van der Waals surface area contributed by atoms with Gasteiger partial charge in [0.05, 0.1) is 5.54 Å². The van der Waals surface area contributed by atoms with Gasteiger partial charge in [-0.25, -0.2) is 0 Å². The molecule has 3 heteroatoms. The summed E-state index contributed by atoms with van der Waals surface area (Å²) in [7, 11) is 0. The zero-order valence-electron chi connectivity index (χ0n) is 11.0. The van der Waals surface area contributed by atoms with Gasteiger partial charge in [-0.3, -0.25) is 9.69 Å². The van der Waals surface area contributed by atoms with Gasteiger partial charge in [0.2, 0.25) is 0 Å². The summed E-state index contributed by atoms with van der Waals surface area (Å²) < 4.78 is 0. The molecule has 1 saturated carbocycles. The van der Waals surface area contributed by atoms with Crippen LogP contribution in [0, 0.1) is 0 Å². The fourth-order valence-electron chi connectivity index (χ4n) is 3.52. The van der Waals surface area contributed by atoms with Gasteiger partial charge in [0.1, 0.15) is 6.10 Å². The van der Waals surface area contributed by atoms with Crippen molar-refractivity contribution in [2.24, 2.45) is 0 Å². The average Bonchev–Trinajstić information content (AvgIpc) is 2.63. The maximum atomic E-state index is 12.5. The van der Waals surface area contributed by atoms with Crippen LogP contribution in [-0.4, -0.2) is 22.7 Å². The Balaban J connectivity index is 2.08. The molecule has 1 N–H and O–H groups in total. The first-order valence-electron chi connectivity index (χ1n) is 6.93. The van der Waals surface area contributed by atoms with Gasteiger partial charge in [-0.05, 0) is 25.0 Å². The number of rotatable bonds is 1. The molecule has 0 radical (unpaired) electrons. The van der Waals surface area contributed by atoms with Gasteiger partial charge in [-0.1, -0.05) is 44.0 Å². The Morgan fingerprint density at radius 1 is 1.16 bits per heavy atom. The van der Waals surface area contributed by atoms with Crippen molar-refractivity contribution in [3.63, 3.8) is 0 Å². The van der Waals surface area contributed by atoms with E-state index in [1.165, 1.54) is 6.42 Å². The maximum Gasteiger partial charge on any atom is 0.256 e. The van der Waals surface area contributed by atoms with Crippen LogP contribution in [0.5, 0.6) is 0 Å². The number of nitrogens with zero attached hydrogens (tertiary/aromatic N) is 1. The van der Waals surface area contributed by atoms with E-state index in [2.05, 4.69) is 6.58 Å². The van der Waals surface area contributed by atoms with E-state index in [0.29, 0.717) is 5.57 Å². The minimum atomic E-state index is -0.736. The fourth-order valence-corrected chi connectivity index (χ4v) is 3.52. The van der Waals surface area contributed by atoms with Crippen molar-refractivity contribution in [3.8, 4) is 0 Å². The Kier molecular flexibility index (Phi) is 2.94. The van der Waals surface area contributed by atoms with Crippen molar-refractivity contribution in [1.82, 2.24) is 0 Å². The molecule has 2 aliphatic rings. The average molecular weight is 257 g/mol. The number of aliphatic hydroxyl groups is 1. The summed E-state index contributed by atoms with van der Waals surface area (Å²) in [6.07, 6.45) is 4.27. The van der Waals surface area contributed by atoms with E-state index in [9.17, 15) is 9.90 Å². The lowest BCUT2D eigenvalue weighted by atomic mass is 9.77. The molecule has 3 nitrogen and oxygen atoms in total. The number of carbonyl (C=O) groups excluding carboxylic acids is 1. The Morgan fingerprint density at radius 2 is 1.79 bits per heavy atom. The van der Waals surface area contributed by atoms with E-state index in [0.717, 1.165) is 31.4 Å². The van der Waals surface area contributed by atoms with Crippen LogP contribution in [0.15, 0.2) is 42.5 Å². The van der Waals surface area contributed by atoms with Crippen LogP contribution in [0.2, 0.25) is 0 Å². The molecule has 1 atom stereocenters. The molecule has 2 fully saturated rings. The minimum absolute atomic E-state index is 0.124. The predicted octanol–water partition coefficient (Wildman–Crippen LogP) is 2.65. The lowest BCUT2D eigenvalue weighted by molar-refractivity contribution is -0.114. The van der Waals surface area contributed by atoms with Crippen molar-refractivity contribution in [1.29, 1.82) is 0 Å². The van der Waals surface area contributed by atoms with E-state index in [1.807, 2.05) is 30.3 Å². The van der Waals surface area contributed by atoms with Crippen LogP contribution in [0.25, 0.3) is 0 Å². The van der Waals surface area contributed by atoms with Crippen molar-refractivity contribution in [2.75, 3.05) is 4.90 Å². The van der Waals surface area contributed by atoms with Crippen molar-refractivity contribution in [2.45, 2.75) is 43.7 Å². The van der Waals surface area contributed by atoms with Gasteiger partial charge >= 0.3 is 0 Å². The highest BCUT2D eigenvalue weighted by Gasteiger charge is 2.55. The molecule has 1 aliphatic carbocycles. The first-order chi connectivity index (χ1) is 9.17. The summed E-state index contributed by atoms with van der Waals surface area (Å²) >= 11 is 0. The van der Waals surface area contributed by atoms with E-state index in [-0.39, 0.29) is 5.91 Å². The third-order valence-corrected chi connectivity index (χ3v) is 4.50. The van der Waals surface area contributed by atoms with Gasteiger partial charge in [0.25, 0.3) is 5.91 Å². The predicted molar refractivity (Wildman–Crippen MR) is 74.9 cm³/mol. The first kappa shape index (κ1) is 12.4. The summed E-state index contributed by atoms with van der Waals surface area (Å²) in [4.78, 5) is 14.2. The van der Waals surface area contributed by atoms with E-state index >= 15 is 0 Å². The smallest absolute Gasteiger partial charge is 0.256 e. The number of carbonyl (C=O) groups is 1. The normalized spacial score (nSPS) is 26.2. The zero-order valence-corrected chi connectivity index (χ0v) is 11.0. The number of para-hydroxylation sites is 1. The molecule has 3 rings (SSSR count). The van der Waals surface area contributed by atoms with Gasteiger partial charge in [0.15, 0.2) is 0 Å². The Hall–Kier alpha value is -1.61. The quantitative estimate of drug-likeness (QED) is 0.786. The lowest BCUT2D eigenvalue weighted by Crippen LogP contribution is -2.53. The highest BCUT2D eigenvalue weighted by molar-refractivity contribution is 6.10. The number of hydrogen-bond donors (Lipinski definition) is 1. The zero-order chi connectivity index (χ0) is 13.5. The second-order valence-electron chi connectivity index (χ2n) is 5.57. The first-order valence-corrected chi connectivity index (χ1v) is 6.93. The second kappa shape index (κ2) is 4.49. The van der Waals surface area contributed by atoms with Gasteiger partial charge in [-0.15, -0.1) is 0 Å². The highest BCUT2D eigenvalue weighted by atomic mass is 16.3. The van der Waals surface area contributed by atoms with Crippen molar-refractivity contribution < 1.29 is 9.90 Å². The number of anilines is 1. The maximum absolute atomic E-state index is 12.5. The summed E-state index contributed by atoms with van der Waals surface area (Å²) in [5.41, 5.74) is 0.742. The second-order valence-corrected chi connectivity index (χ2v) is 5.57. The number of amides is 1. The summed E-state index contributed by atoms with van der Waals surface area (Å²) in [6, 6.07) is 9.64. The molecule has 1 aliphatic heterocycles. The summed E-state index contributed by atoms with van der Waals surface area (Å²) in [5.74, 6) is -0.124. The monoisotopic (exact) mass is 257 g/mol. The van der Waals surface area contributed by atoms with E-state index in [4.69, 9.17) is 0 Å². The molecule has 1 heterocycles. The van der Waals surface area contributed by atoms with Crippen molar-refractivity contribution >= 4 is 11.6 Å². The molecule has 0 bridgehead atoms. The van der Waals surface area contributed by atoms with Crippen LogP contribution < -0.4 is 4.90 Å². The molecule has 1 aromatic rings.